The molecule has 1 radical (unpaired) electrons. The van der Waals surface area contributed by atoms with Crippen molar-refractivity contribution in [3.05, 3.63) is 112 Å². The van der Waals surface area contributed by atoms with Gasteiger partial charge in [0.15, 0.2) is 0 Å². The van der Waals surface area contributed by atoms with E-state index in [9.17, 15) is 20.1 Å². The van der Waals surface area contributed by atoms with Crippen LogP contribution in [0.4, 0.5) is 11.4 Å². The first kappa shape index (κ1) is 42.8. The minimum atomic E-state index is -0.235. The van der Waals surface area contributed by atoms with Crippen molar-refractivity contribution in [2.24, 2.45) is 9.98 Å². The molecule has 0 atom stereocenters. The van der Waals surface area contributed by atoms with E-state index in [0.29, 0.717) is 34.4 Å². The molecule has 0 heterocycles. The van der Waals surface area contributed by atoms with E-state index in [1.54, 1.807) is 42.8 Å². The van der Waals surface area contributed by atoms with Gasteiger partial charge in [0.1, 0.15) is 6.29 Å². The molecule has 0 spiro atoms. The van der Waals surface area contributed by atoms with E-state index in [4.69, 9.17) is 5.11 Å². The van der Waals surface area contributed by atoms with Gasteiger partial charge in [0, 0.05) is 25.1 Å². The normalized spacial score (nSPS) is 11.6. The number of nitrogens with zero attached hydrogens (tertiary/aromatic N) is 2. The number of hydrogen-bond donors (Lipinski definition) is 1. The zero-order chi connectivity index (χ0) is 35.6. The first-order valence-corrected chi connectivity index (χ1v) is 15.4. The van der Waals surface area contributed by atoms with E-state index in [0.717, 1.165) is 18.2 Å². The van der Waals surface area contributed by atoms with Gasteiger partial charge in [-0.1, -0.05) is 146 Å². The monoisotopic (exact) mass is 809 g/mol. The fourth-order valence-electron chi connectivity index (χ4n) is 4.69. The van der Waals surface area contributed by atoms with Crippen LogP contribution in [-0.2, 0) is 16.2 Å². The Bertz CT molecular complexity index is 1620. The maximum Gasteiger partial charge on any atom is 3.00 e. The number of para-hydroxylation sites is 5. The van der Waals surface area contributed by atoms with Gasteiger partial charge in [-0.15, -0.1) is 0 Å². The Morgan fingerprint density at radius 2 is 0.792 bits per heavy atom. The molecule has 0 aliphatic heterocycles. The summed E-state index contributed by atoms with van der Waals surface area (Å²) in [6, 6.07) is 23.5. The number of hydrogen-bond acceptors (Lipinski definition) is 7. The minimum absolute atomic E-state index is 0. The second-order valence-electron chi connectivity index (χ2n) is 14.0. The molecule has 7 nitrogen and oxygen atoms in total. The molecule has 0 unspecified atom stereocenters. The number of benzene rings is 4. The number of aliphatic imine (C=N–C) groups is 2. The predicted molar refractivity (Wildman–Crippen MR) is 188 cm³/mol. The summed E-state index contributed by atoms with van der Waals surface area (Å²) in [5.74, 6) is -0.176. The van der Waals surface area contributed by atoms with Crippen molar-refractivity contribution in [1.82, 2.24) is 0 Å². The van der Waals surface area contributed by atoms with Crippen molar-refractivity contribution >= 4 is 30.1 Å². The number of carbonyl (C=O) groups excluding carboxylic acids is 1. The Kier molecular flexibility index (Phi) is 16.5. The van der Waals surface area contributed by atoms with E-state index in [-0.39, 0.29) is 86.0 Å². The van der Waals surface area contributed by atoms with Gasteiger partial charge in [-0.25, -0.2) is 0 Å². The second kappa shape index (κ2) is 18.5. The maximum absolute atomic E-state index is 12.8. The van der Waals surface area contributed by atoms with Crippen LogP contribution in [0.3, 0.4) is 0 Å². The molecular weight excluding hydrogens is 761 g/mol. The van der Waals surface area contributed by atoms with Crippen LogP contribution in [0.15, 0.2) is 88.8 Å². The third-order valence-electron chi connectivity index (χ3n) is 7.25. The quantitative estimate of drug-likeness (QED) is 0.166. The smallest absolute Gasteiger partial charge is 0.872 e. The van der Waals surface area contributed by atoms with Crippen LogP contribution in [0.25, 0.3) is 0 Å². The number of aldehydes is 1. The molecule has 0 amide bonds. The van der Waals surface area contributed by atoms with E-state index in [1.807, 2.05) is 111 Å². The molecule has 261 valence electrons. The molecule has 0 fully saturated rings. The molecule has 0 saturated carbocycles. The number of aliphatic hydroxyl groups is 1. The molecule has 0 aromatic heterocycles. The molecule has 8 heteroatoms. The summed E-state index contributed by atoms with van der Waals surface area (Å²) in [4.78, 5) is 19.6. The molecule has 0 aliphatic carbocycles. The zero-order valence-corrected chi connectivity index (χ0v) is 31.2. The molecule has 48 heavy (non-hydrogen) atoms. The molecule has 0 saturated heterocycles. The van der Waals surface area contributed by atoms with Crippen LogP contribution < -0.4 is 15.3 Å². The average molecular weight is 809 g/mol. The first-order valence-electron chi connectivity index (χ1n) is 15.4. The Morgan fingerprint density at radius 3 is 1.08 bits per heavy atom. The van der Waals surface area contributed by atoms with E-state index in [2.05, 4.69) is 9.98 Å². The number of aliphatic hydroxyl groups excluding tert-OH is 1. The summed E-state index contributed by atoms with van der Waals surface area (Å²) in [6.45, 7) is 18.0. The Balaban J connectivity index is 0.000000604. The third-order valence-corrected chi connectivity index (χ3v) is 7.25. The van der Waals surface area contributed by atoms with E-state index >= 15 is 0 Å². The fourth-order valence-corrected chi connectivity index (χ4v) is 4.69. The van der Waals surface area contributed by atoms with Gasteiger partial charge < -0.3 is 20.4 Å². The van der Waals surface area contributed by atoms with Crippen LogP contribution in [-0.4, -0.2) is 30.9 Å². The van der Waals surface area contributed by atoms with Gasteiger partial charge in [0.05, 0.1) is 11.4 Å². The van der Waals surface area contributed by atoms with Gasteiger partial charge in [-0.3, -0.25) is 14.8 Å². The molecular formula is C40H47N2O5Yb. The first-order chi connectivity index (χ1) is 21.9. The van der Waals surface area contributed by atoms with Crippen LogP contribution in [0.5, 0.6) is 17.2 Å². The van der Waals surface area contributed by atoms with Crippen molar-refractivity contribution in [2.75, 3.05) is 7.11 Å². The summed E-state index contributed by atoms with van der Waals surface area (Å²) in [5, 5.41) is 44.3. The molecule has 0 aliphatic rings. The SMILES string of the molecule is CC(C)(C)c1cccc(C=Nc2ccccc2N=Cc2cccc(C(C)(C)C)c2[O-])c1[O-].CC(C)(C)c1cccc(C=O)c1[O-].CO.[Yb+3]. The fraction of sp³-hybridized carbons (Fsp3) is 0.325. The molecule has 4 aromatic carbocycles. The topological polar surface area (TPSA) is 131 Å². The summed E-state index contributed by atoms with van der Waals surface area (Å²) < 4.78 is 0. The van der Waals surface area contributed by atoms with E-state index in [1.165, 1.54) is 0 Å². The van der Waals surface area contributed by atoms with E-state index < -0.39 is 0 Å². The molecule has 4 aromatic rings. The zero-order valence-electron chi connectivity index (χ0n) is 29.5. The third kappa shape index (κ3) is 11.7. The number of rotatable bonds is 5. The minimum Gasteiger partial charge on any atom is -0.872 e. The van der Waals surface area contributed by atoms with Gasteiger partial charge in [-0.2, -0.15) is 0 Å². The van der Waals surface area contributed by atoms with Crippen LogP contribution in [0.2, 0.25) is 0 Å². The molecule has 1 N–H and O–H groups in total. The summed E-state index contributed by atoms with van der Waals surface area (Å²) in [6.07, 6.45) is 3.79. The summed E-state index contributed by atoms with van der Waals surface area (Å²) in [7, 11) is 1.00. The number of carbonyl (C=O) groups is 1. The van der Waals surface area contributed by atoms with Crippen LogP contribution in [0.1, 0.15) is 100 Å². The van der Waals surface area contributed by atoms with Crippen molar-refractivity contribution in [1.29, 1.82) is 0 Å². The average Bonchev–Trinajstić information content (AvgIpc) is 3.00. The Labute approximate surface area is 324 Å². The Morgan fingerprint density at radius 1 is 0.500 bits per heavy atom. The van der Waals surface area contributed by atoms with Crippen molar-refractivity contribution in [3.8, 4) is 17.2 Å². The predicted octanol–water partition coefficient (Wildman–Crippen LogP) is 7.41. The van der Waals surface area contributed by atoms with Gasteiger partial charge in [0.2, 0.25) is 0 Å². The molecule has 0 bridgehead atoms. The van der Waals surface area contributed by atoms with Gasteiger partial charge >= 0.3 is 46.9 Å². The summed E-state index contributed by atoms with van der Waals surface area (Å²) in [5.41, 5.74) is 4.12. The van der Waals surface area contributed by atoms with Crippen LogP contribution >= 0.6 is 0 Å². The molecule has 4 rings (SSSR count). The second-order valence-corrected chi connectivity index (χ2v) is 14.0. The maximum atomic E-state index is 12.8. The largest absolute Gasteiger partial charge is 3.00 e. The van der Waals surface area contributed by atoms with Gasteiger partial charge in [0.25, 0.3) is 0 Å². The van der Waals surface area contributed by atoms with Crippen molar-refractivity contribution in [3.63, 3.8) is 0 Å². The van der Waals surface area contributed by atoms with Crippen molar-refractivity contribution in [2.45, 2.75) is 78.6 Å². The standard InChI is InChI=1S/C28H32N2O2.C11H14O2.CH4O.Yb/c1-27(2,3)21-13-9-11-19(25(21)31)17-29-23-15-7-8-16-24(23)30-18-20-12-10-14-22(26(20)32)28(4,5)6;1-11(2,3)9-6-4-5-8(7-12)10(9)13;1-2;/h7-18,31-32H,1-6H3;4-7,13H,1-3H3;2H,1H3;/q;;;+3/p-3. The Hall–Kier alpha value is -3.23. The van der Waals surface area contributed by atoms with Crippen molar-refractivity contribution < 1.29 is 72.1 Å². The van der Waals surface area contributed by atoms with Gasteiger partial charge in [-0.05, 0) is 56.2 Å². The van der Waals surface area contributed by atoms with Crippen LogP contribution in [0, 0.1) is 46.9 Å². The summed E-state index contributed by atoms with van der Waals surface area (Å²) >= 11 is 0.